The summed E-state index contributed by atoms with van der Waals surface area (Å²) in [6, 6.07) is 17.0. The third-order valence-electron chi connectivity index (χ3n) is 4.03. The van der Waals surface area contributed by atoms with Gasteiger partial charge in [0.05, 0.1) is 0 Å². The van der Waals surface area contributed by atoms with Crippen molar-refractivity contribution in [1.29, 1.82) is 0 Å². The van der Waals surface area contributed by atoms with Crippen LogP contribution in [0.2, 0.25) is 5.02 Å². The second-order valence-corrected chi connectivity index (χ2v) is 6.79. The molecular weight excluding hydrogens is 382 g/mol. The largest absolute Gasteiger partial charge is 0.436 e. The number of nitrogens with one attached hydrogen (secondary N) is 2. The van der Waals surface area contributed by atoms with Crippen LogP contribution in [0.5, 0.6) is 0 Å². The van der Waals surface area contributed by atoms with Gasteiger partial charge in [-0.05, 0) is 47.9 Å². The summed E-state index contributed by atoms with van der Waals surface area (Å²) in [6.07, 6.45) is 0. The van der Waals surface area contributed by atoms with Crippen LogP contribution in [0.4, 0.5) is 5.69 Å². The summed E-state index contributed by atoms with van der Waals surface area (Å²) in [5.41, 5.74) is 2.91. The molecule has 4 aromatic rings. The van der Waals surface area contributed by atoms with E-state index >= 15 is 0 Å². The maximum absolute atomic E-state index is 11.1. The molecule has 27 heavy (non-hydrogen) atoms. The monoisotopic (exact) mass is 395 g/mol. The predicted octanol–water partition coefficient (Wildman–Crippen LogP) is 5.13. The number of anilines is 1. The van der Waals surface area contributed by atoms with Crippen molar-refractivity contribution < 1.29 is 9.21 Å². The number of rotatable bonds is 2. The van der Waals surface area contributed by atoms with E-state index in [-0.39, 0.29) is 11.0 Å². The van der Waals surface area contributed by atoms with Crippen LogP contribution >= 0.6 is 23.8 Å². The fourth-order valence-corrected chi connectivity index (χ4v) is 3.40. The third kappa shape index (κ3) is 3.49. The van der Waals surface area contributed by atoms with E-state index < -0.39 is 0 Å². The van der Waals surface area contributed by atoms with E-state index in [1.165, 1.54) is 6.92 Å². The molecule has 0 aliphatic rings. The molecule has 4 rings (SSSR count). The first kappa shape index (κ1) is 17.5. The van der Waals surface area contributed by atoms with Crippen LogP contribution in [0.1, 0.15) is 6.92 Å². The first-order valence-corrected chi connectivity index (χ1v) is 8.96. The van der Waals surface area contributed by atoms with Crippen molar-refractivity contribution >= 4 is 62.4 Å². The minimum absolute atomic E-state index is 0.230. The highest BCUT2D eigenvalue weighted by molar-refractivity contribution is 7.80. The summed E-state index contributed by atoms with van der Waals surface area (Å²) in [5, 5.41) is 8.31. The first-order valence-electron chi connectivity index (χ1n) is 8.18. The number of thiocarbonyl (C=S) groups is 1. The minimum atomic E-state index is -0.230. The maximum Gasteiger partial charge on any atom is 0.227 e. The van der Waals surface area contributed by atoms with E-state index in [9.17, 15) is 4.79 Å². The number of halogens is 1. The Hall–Kier alpha value is -2.96. The molecule has 1 amide bonds. The normalized spacial score (nSPS) is 10.9. The number of fused-ring (bicyclic) bond motifs is 2. The lowest BCUT2D eigenvalue weighted by Gasteiger charge is -2.07. The summed E-state index contributed by atoms with van der Waals surface area (Å²) < 4.78 is 5.94. The van der Waals surface area contributed by atoms with Gasteiger partial charge < -0.3 is 15.1 Å². The molecule has 2 N–H and O–H groups in total. The molecular formula is C20H14ClN3O2S. The molecule has 134 valence electrons. The van der Waals surface area contributed by atoms with Crippen molar-refractivity contribution in [2.45, 2.75) is 6.92 Å². The molecule has 5 nitrogen and oxygen atoms in total. The van der Waals surface area contributed by atoms with Crippen LogP contribution in [-0.2, 0) is 4.79 Å². The Kier molecular flexibility index (Phi) is 4.51. The third-order valence-corrected chi connectivity index (χ3v) is 4.57. The molecule has 1 heterocycles. The molecule has 0 spiro atoms. The van der Waals surface area contributed by atoms with Crippen LogP contribution in [0.3, 0.4) is 0 Å². The molecule has 0 bridgehead atoms. The molecule has 3 aromatic carbocycles. The van der Waals surface area contributed by atoms with E-state index in [4.69, 9.17) is 28.2 Å². The van der Waals surface area contributed by atoms with E-state index in [2.05, 4.69) is 15.6 Å². The summed E-state index contributed by atoms with van der Waals surface area (Å²) >= 11 is 11.4. The Balaban J connectivity index is 1.73. The average molecular weight is 396 g/mol. The second kappa shape index (κ2) is 6.98. The molecule has 0 saturated carbocycles. The van der Waals surface area contributed by atoms with Crippen molar-refractivity contribution in [1.82, 2.24) is 10.3 Å². The van der Waals surface area contributed by atoms with Crippen LogP contribution in [0.25, 0.3) is 33.3 Å². The van der Waals surface area contributed by atoms with Crippen molar-refractivity contribution in [3.8, 4) is 11.5 Å². The van der Waals surface area contributed by atoms with Gasteiger partial charge in [0.2, 0.25) is 11.8 Å². The number of carbonyl (C=O) groups is 1. The van der Waals surface area contributed by atoms with E-state index in [0.717, 1.165) is 16.3 Å². The van der Waals surface area contributed by atoms with Gasteiger partial charge in [-0.15, -0.1) is 0 Å². The predicted molar refractivity (Wildman–Crippen MR) is 112 cm³/mol. The van der Waals surface area contributed by atoms with Gasteiger partial charge in [0.1, 0.15) is 5.52 Å². The van der Waals surface area contributed by atoms with Crippen LogP contribution in [0, 0.1) is 0 Å². The van der Waals surface area contributed by atoms with Gasteiger partial charge >= 0.3 is 0 Å². The lowest BCUT2D eigenvalue weighted by atomic mass is 10.0. The molecule has 0 aliphatic carbocycles. The molecule has 0 radical (unpaired) electrons. The molecule has 0 atom stereocenters. The van der Waals surface area contributed by atoms with Gasteiger partial charge in [-0.2, -0.15) is 0 Å². The molecule has 7 heteroatoms. The number of nitrogens with zero attached hydrogens (tertiary/aromatic N) is 1. The van der Waals surface area contributed by atoms with Gasteiger partial charge in [0.25, 0.3) is 0 Å². The van der Waals surface area contributed by atoms with E-state index in [1.54, 1.807) is 0 Å². The fourth-order valence-electron chi connectivity index (χ4n) is 2.90. The summed E-state index contributed by atoms with van der Waals surface area (Å²) in [7, 11) is 0. The maximum atomic E-state index is 11.1. The number of aromatic nitrogens is 1. The Morgan fingerprint density at radius 1 is 1.11 bits per heavy atom. The molecule has 1 aromatic heterocycles. The van der Waals surface area contributed by atoms with Gasteiger partial charge in [0.15, 0.2) is 10.7 Å². The zero-order valence-corrected chi connectivity index (χ0v) is 15.8. The van der Waals surface area contributed by atoms with Crippen molar-refractivity contribution in [2.75, 3.05) is 5.32 Å². The number of amides is 1. The Labute approximate surface area is 165 Å². The van der Waals surface area contributed by atoms with Crippen molar-refractivity contribution in [3.05, 3.63) is 59.6 Å². The van der Waals surface area contributed by atoms with E-state index in [0.29, 0.717) is 27.7 Å². The minimum Gasteiger partial charge on any atom is -0.436 e. The van der Waals surface area contributed by atoms with Gasteiger partial charge in [0, 0.05) is 28.6 Å². The second-order valence-electron chi connectivity index (χ2n) is 5.98. The summed E-state index contributed by atoms with van der Waals surface area (Å²) in [5.74, 6) is 0.284. The zero-order valence-electron chi connectivity index (χ0n) is 14.2. The molecule has 0 fully saturated rings. The first-order chi connectivity index (χ1) is 13.0. The number of oxazole rings is 1. The highest BCUT2D eigenvalue weighted by atomic mass is 35.5. The highest BCUT2D eigenvalue weighted by Crippen LogP contribution is 2.33. The molecule has 0 unspecified atom stereocenters. The van der Waals surface area contributed by atoms with Crippen molar-refractivity contribution in [3.63, 3.8) is 0 Å². The van der Waals surface area contributed by atoms with Crippen LogP contribution < -0.4 is 10.6 Å². The van der Waals surface area contributed by atoms with Gasteiger partial charge in [-0.3, -0.25) is 4.79 Å². The summed E-state index contributed by atoms with van der Waals surface area (Å²) in [4.78, 5) is 15.7. The SMILES string of the molecule is CC(=O)NC(=S)Nc1ccc2oc(-c3cccc4c(Cl)cccc34)nc2c1. The number of hydrogen-bond acceptors (Lipinski definition) is 4. The number of benzene rings is 3. The molecule has 0 aliphatic heterocycles. The van der Waals surface area contributed by atoms with Gasteiger partial charge in [-0.1, -0.05) is 35.9 Å². The standard InChI is InChI=1S/C20H14ClN3O2S/c1-11(25)22-20(27)23-12-8-9-18-17(10-12)24-19(26-18)15-6-2-5-14-13(15)4-3-7-16(14)21/h2-10H,1H3,(H2,22,23,25,27). The average Bonchev–Trinajstić information content (AvgIpc) is 3.04. The zero-order chi connectivity index (χ0) is 19.0. The lowest BCUT2D eigenvalue weighted by Crippen LogP contribution is -2.32. The highest BCUT2D eigenvalue weighted by Gasteiger charge is 2.13. The van der Waals surface area contributed by atoms with Crippen LogP contribution in [-0.4, -0.2) is 16.0 Å². The number of hydrogen-bond donors (Lipinski definition) is 2. The Morgan fingerprint density at radius 2 is 1.89 bits per heavy atom. The van der Waals surface area contributed by atoms with Crippen molar-refractivity contribution in [2.24, 2.45) is 0 Å². The number of carbonyl (C=O) groups excluding carboxylic acids is 1. The topological polar surface area (TPSA) is 67.2 Å². The van der Waals surface area contributed by atoms with Crippen LogP contribution in [0.15, 0.2) is 59.0 Å². The Morgan fingerprint density at radius 3 is 2.70 bits per heavy atom. The lowest BCUT2D eigenvalue weighted by molar-refractivity contribution is -0.117. The van der Waals surface area contributed by atoms with E-state index in [1.807, 2.05) is 54.6 Å². The molecule has 0 saturated heterocycles. The summed E-state index contributed by atoms with van der Waals surface area (Å²) in [6.45, 7) is 1.40. The fraction of sp³-hybridized carbons (Fsp3) is 0.0500. The Bertz CT molecular complexity index is 1200. The quantitative estimate of drug-likeness (QED) is 0.460. The van der Waals surface area contributed by atoms with Gasteiger partial charge in [-0.25, -0.2) is 4.98 Å². The smallest absolute Gasteiger partial charge is 0.227 e.